The van der Waals surface area contributed by atoms with Crippen molar-refractivity contribution in [1.82, 2.24) is 0 Å². The molecule has 0 unspecified atom stereocenters. The number of rotatable bonds is 7. The Labute approximate surface area is 142 Å². The van der Waals surface area contributed by atoms with Gasteiger partial charge in [-0.05, 0) is 41.4 Å². The molecular weight excluding hydrogens is 308 g/mol. The van der Waals surface area contributed by atoms with Crippen molar-refractivity contribution in [2.75, 3.05) is 12.9 Å². The summed E-state index contributed by atoms with van der Waals surface area (Å²) in [6.07, 6.45) is 4.15. The fourth-order valence-corrected chi connectivity index (χ4v) is 3.93. The van der Waals surface area contributed by atoms with Gasteiger partial charge in [0.1, 0.15) is 10.6 Å². The SMILES string of the molecule is CCCCOc1ccc(C(C)(C)CC(C)(C)C)cc1S(C)(=O)=O. The van der Waals surface area contributed by atoms with Gasteiger partial charge in [-0.25, -0.2) is 8.42 Å². The molecule has 3 nitrogen and oxygen atoms in total. The van der Waals surface area contributed by atoms with E-state index in [1.165, 1.54) is 6.26 Å². The molecule has 0 heterocycles. The van der Waals surface area contributed by atoms with Crippen molar-refractivity contribution in [1.29, 1.82) is 0 Å². The normalized spacial score (nSPS) is 13.2. The van der Waals surface area contributed by atoms with Gasteiger partial charge in [-0.2, -0.15) is 0 Å². The van der Waals surface area contributed by atoms with Crippen LogP contribution in [0.5, 0.6) is 5.75 Å². The maximum Gasteiger partial charge on any atom is 0.179 e. The van der Waals surface area contributed by atoms with Crippen LogP contribution < -0.4 is 4.74 Å². The highest BCUT2D eigenvalue weighted by Gasteiger charge is 2.29. The summed E-state index contributed by atoms with van der Waals surface area (Å²) in [4.78, 5) is 0.299. The Balaban J connectivity index is 3.23. The second-order valence-corrected chi connectivity index (χ2v) is 10.2. The van der Waals surface area contributed by atoms with Crippen LogP contribution in [0, 0.1) is 5.41 Å². The Kier molecular flexibility index (Phi) is 6.31. The van der Waals surface area contributed by atoms with E-state index in [9.17, 15) is 8.42 Å². The van der Waals surface area contributed by atoms with Gasteiger partial charge in [-0.1, -0.05) is 54.0 Å². The molecule has 1 aromatic carbocycles. The van der Waals surface area contributed by atoms with Crippen LogP contribution in [0.1, 0.15) is 66.4 Å². The van der Waals surface area contributed by atoms with Gasteiger partial charge in [-0.3, -0.25) is 0 Å². The predicted octanol–water partition coefficient (Wildman–Crippen LogP) is 4.98. The maximum atomic E-state index is 12.2. The summed E-state index contributed by atoms with van der Waals surface area (Å²) in [7, 11) is -3.32. The van der Waals surface area contributed by atoms with Crippen LogP contribution in [-0.2, 0) is 15.3 Å². The molecule has 1 rings (SSSR count). The molecule has 0 aliphatic carbocycles. The van der Waals surface area contributed by atoms with E-state index in [4.69, 9.17) is 4.74 Å². The average Bonchev–Trinajstić information content (AvgIpc) is 2.35. The number of benzene rings is 1. The van der Waals surface area contributed by atoms with Crippen LogP contribution >= 0.6 is 0 Å². The van der Waals surface area contributed by atoms with E-state index in [0.717, 1.165) is 24.8 Å². The molecular formula is C19H32O3S. The first-order valence-electron chi connectivity index (χ1n) is 8.34. The average molecular weight is 341 g/mol. The molecule has 0 fully saturated rings. The third kappa shape index (κ3) is 6.17. The van der Waals surface area contributed by atoms with Crippen molar-refractivity contribution < 1.29 is 13.2 Å². The molecule has 23 heavy (non-hydrogen) atoms. The van der Waals surface area contributed by atoms with Crippen molar-refractivity contribution in [2.45, 2.75) is 71.1 Å². The van der Waals surface area contributed by atoms with Crippen LogP contribution in [-0.4, -0.2) is 21.3 Å². The standard InChI is InChI=1S/C19H32O3S/c1-8-9-12-22-16-11-10-15(13-17(16)23(7,20)21)19(5,6)14-18(2,3)4/h10-11,13H,8-9,12,14H2,1-7H3. The minimum absolute atomic E-state index is 0.0976. The highest BCUT2D eigenvalue weighted by Crippen LogP contribution is 2.38. The molecule has 0 radical (unpaired) electrons. The highest BCUT2D eigenvalue weighted by molar-refractivity contribution is 7.90. The molecule has 0 saturated heterocycles. The molecule has 132 valence electrons. The quantitative estimate of drug-likeness (QED) is 0.657. The van der Waals surface area contributed by atoms with Crippen LogP contribution in [0.25, 0.3) is 0 Å². The first-order chi connectivity index (χ1) is 10.4. The molecule has 4 heteroatoms. The fourth-order valence-electron chi connectivity index (χ4n) is 3.09. The second-order valence-electron chi connectivity index (χ2n) is 8.26. The fraction of sp³-hybridized carbons (Fsp3) is 0.684. The third-order valence-electron chi connectivity index (χ3n) is 3.85. The van der Waals surface area contributed by atoms with E-state index in [2.05, 4.69) is 41.5 Å². The van der Waals surface area contributed by atoms with Crippen molar-refractivity contribution in [3.8, 4) is 5.75 Å². The number of hydrogen-bond acceptors (Lipinski definition) is 3. The Morgan fingerprint density at radius 1 is 1.09 bits per heavy atom. The lowest BCUT2D eigenvalue weighted by atomic mass is 9.72. The largest absolute Gasteiger partial charge is 0.492 e. The minimum atomic E-state index is -3.32. The zero-order valence-corrected chi connectivity index (χ0v) is 16.5. The van der Waals surface area contributed by atoms with E-state index in [1.807, 2.05) is 12.1 Å². The Morgan fingerprint density at radius 3 is 2.17 bits per heavy atom. The molecule has 0 saturated carbocycles. The lowest BCUT2D eigenvalue weighted by molar-refractivity contribution is 0.282. The van der Waals surface area contributed by atoms with E-state index in [1.54, 1.807) is 6.07 Å². The lowest BCUT2D eigenvalue weighted by Crippen LogP contribution is -2.25. The molecule has 1 aromatic rings. The van der Waals surface area contributed by atoms with Gasteiger partial charge in [0.25, 0.3) is 0 Å². The van der Waals surface area contributed by atoms with Crippen LogP contribution in [0.15, 0.2) is 23.1 Å². The van der Waals surface area contributed by atoms with Gasteiger partial charge in [0.15, 0.2) is 9.84 Å². The molecule has 0 bridgehead atoms. The molecule has 0 amide bonds. The number of ether oxygens (including phenoxy) is 1. The zero-order chi connectivity index (χ0) is 17.9. The van der Waals surface area contributed by atoms with Crippen molar-refractivity contribution in [2.24, 2.45) is 5.41 Å². The summed E-state index contributed by atoms with van der Waals surface area (Å²) in [6, 6.07) is 5.61. The Hall–Kier alpha value is -1.03. The van der Waals surface area contributed by atoms with E-state index in [-0.39, 0.29) is 10.8 Å². The Morgan fingerprint density at radius 2 is 1.70 bits per heavy atom. The van der Waals surface area contributed by atoms with Gasteiger partial charge in [-0.15, -0.1) is 0 Å². The van der Waals surface area contributed by atoms with Crippen molar-refractivity contribution in [3.05, 3.63) is 23.8 Å². The first-order valence-corrected chi connectivity index (χ1v) is 10.2. The molecule has 0 aliphatic heterocycles. The van der Waals surface area contributed by atoms with Crippen LogP contribution in [0.3, 0.4) is 0 Å². The molecule has 0 aliphatic rings. The van der Waals surface area contributed by atoms with Crippen molar-refractivity contribution in [3.63, 3.8) is 0 Å². The summed E-state index contributed by atoms with van der Waals surface area (Å²) in [5, 5.41) is 0. The van der Waals surface area contributed by atoms with Gasteiger partial charge in [0.2, 0.25) is 0 Å². The van der Waals surface area contributed by atoms with Gasteiger partial charge >= 0.3 is 0 Å². The molecule has 0 atom stereocenters. The van der Waals surface area contributed by atoms with Crippen molar-refractivity contribution >= 4 is 9.84 Å². The predicted molar refractivity (Wildman–Crippen MR) is 97.1 cm³/mol. The highest BCUT2D eigenvalue weighted by atomic mass is 32.2. The smallest absolute Gasteiger partial charge is 0.179 e. The summed E-state index contributed by atoms with van der Waals surface area (Å²) in [5.74, 6) is 0.469. The van der Waals surface area contributed by atoms with E-state index >= 15 is 0 Å². The summed E-state index contributed by atoms with van der Waals surface area (Å²) in [5.41, 5.74) is 1.11. The first kappa shape index (κ1) is 20.0. The summed E-state index contributed by atoms with van der Waals surface area (Å²) in [6.45, 7) is 13.6. The Bertz CT molecular complexity index is 623. The zero-order valence-electron chi connectivity index (χ0n) is 15.7. The van der Waals surface area contributed by atoms with Crippen LogP contribution in [0.2, 0.25) is 0 Å². The number of unbranched alkanes of at least 4 members (excludes halogenated alkanes) is 1. The van der Waals surface area contributed by atoms with Gasteiger partial charge in [0.05, 0.1) is 6.61 Å². The minimum Gasteiger partial charge on any atom is -0.492 e. The molecule has 0 spiro atoms. The number of hydrogen-bond donors (Lipinski definition) is 0. The molecule has 0 N–H and O–H groups in total. The maximum absolute atomic E-state index is 12.2. The van der Waals surface area contributed by atoms with Crippen LogP contribution in [0.4, 0.5) is 0 Å². The van der Waals surface area contributed by atoms with Gasteiger partial charge < -0.3 is 4.74 Å². The monoisotopic (exact) mass is 340 g/mol. The van der Waals surface area contributed by atoms with E-state index < -0.39 is 9.84 Å². The topological polar surface area (TPSA) is 43.4 Å². The third-order valence-corrected chi connectivity index (χ3v) is 4.97. The number of sulfone groups is 1. The summed E-state index contributed by atoms with van der Waals surface area (Å²) >= 11 is 0. The second kappa shape index (κ2) is 7.25. The summed E-state index contributed by atoms with van der Waals surface area (Å²) < 4.78 is 30.0. The van der Waals surface area contributed by atoms with Gasteiger partial charge in [0, 0.05) is 6.26 Å². The van der Waals surface area contributed by atoms with E-state index in [0.29, 0.717) is 17.3 Å². The molecule has 0 aromatic heterocycles. The lowest BCUT2D eigenvalue weighted by Gasteiger charge is -2.33.